The highest BCUT2D eigenvalue weighted by Gasteiger charge is 2.49. The molecule has 0 aromatic heterocycles. The molecule has 0 aliphatic heterocycles. The van der Waals surface area contributed by atoms with Gasteiger partial charge in [-0.2, -0.15) is 0 Å². The Balaban J connectivity index is 1.65. The van der Waals surface area contributed by atoms with Gasteiger partial charge in [0.25, 0.3) is 0 Å². The second kappa shape index (κ2) is 5.01. The highest BCUT2D eigenvalue weighted by molar-refractivity contribution is 5.40. The van der Waals surface area contributed by atoms with Crippen LogP contribution in [0.15, 0.2) is 18.2 Å². The Hall–Kier alpha value is -1.02. The molecular weight excluding hydrogens is 260 g/mol. The summed E-state index contributed by atoms with van der Waals surface area (Å²) in [5.74, 6) is 4.33. The zero-order valence-electron chi connectivity index (χ0n) is 13.1. The second-order valence-electron chi connectivity index (χ2n) is 7.48. The lowest BCUT2D eigenvalue weighted by Gasteiger charge is -2.44. The molecule has 1 aromatic rings. The van der Waals surface area contributed by atoms with Gasteiger partial charge in [0.2, 0.25) is 0 Å². The summed E-state index contributed by atoms with van der Waals surface area (Å²) in [6.07, 6.45) is 6.14. The smallest absolute Gasteiger partial charge is 0.119 e. The summed E-state index contributed by atoms with van der Waals surface area (Å²) in [7, 11) is 1.75. The minimum atomic E-state index is -0.0479. The topological polar surface area (TPSA) is 29.5 Å². The molecule has 0 amide bonds. The predicted octanol–water partition coefficient (Wildman–Crippen LogP) is 3.77. The molecule has 6 unspecified atom stereocenters. The van der Waals surface area contributed by atoms with E-state index in [1.165, 1.54) is 37.7 Å². The first-order chi connectivity index (χ1) is 10.2. The fraction of sp³-hybridized carbons (Fsp3) is 0.684. The van der Waals surface area contributed by atoms with Crippen LogP contribution in [-0.4, -0.2) is 18.3 Å². The molecule has 2 nitrogen and oxygen atoms in total. The first-order valence-corrected chi connectivity index (χ1v) is 8.54. The minimum absolute atomic E-state index is 0.0479. The Bertz CT molecular complexity index is 538. The number of ether oxygens (including phenoxy) is 1. The van der Waals surface area contributed by atoms with Gasteiger partial charge in [-0.25, -0.2) is 0 Å². The number of aliphatic hydroxyl groups excluding tert-OH is 1. The number of aryl methyl sites for hydroxylation is 1. The molecule has 0 radical (unpaired) electrons. The zero-order chi connectivity index (χ0) is 14.6. The van der Waals surface area contributed by atoms with E-state index < -0.39 is 0 Å². The molecule has 21 heavy (non-hydrogen) atoms. The van der Waals surface area contributed by atoms with Crippen molar-refractivity contribution in [1.29, 1.82) is 0 Å². The lowest BCUT2D eigenvalue weighted by atomic mass is 9.61. The number of benzene rings is 1. The summed E-state index contributed by atoms with van der Waals surface area (Å²) < 4.78 is 5.38. The summed E-state index contributed by atoms with van der Waals surface area (Å²) in [5, 5.41) is 10.4. The van der Waals surface area contributed by atoms with Crippen LogP contribution in [0.4, 0.5) is 0 Å². The Kier molecular flexibility index (Phi) is 3.25. The largest absolute Gasteiger partial charge is 0.497 e. The third kappa shape index (κ3) is 2.03. The average Bonchev–Trinajstić information content (AvgIpc) is 2.81. The van der Waals surface area contributed by atoms with Crippen molar-refractivity contribution in [3.05, 3.63) is 29.3 Å². The van der Waals surface area contributed by atoms with Gasteiger partial charge in [0.15, 0.2) is 0 Å². The van der Waals surface area contributed by atoms with Crippen LogP contribution in [-0.2, 0) is 6.42 Å². The summed E-state index contributed by atoms with van der Waals surface area (Å²) in [4.78, 5) is 0. The normalized spacial score (nSPS) is 41.1. The van der Waals surface area contributed by atoms with Gasteiger partial charge in [-0.15, -0.1) is 0 Å². The van der Waals surface area contributed by atoms with Gasteiger partial charge in [-0.3, -0.25) is 0 Å². The standard InChI is InChI=1S/C19H26O2/c1-11-9-18-16-5-3-12-10-13(21-2)4-6-14(12)15(16)7-8-17(18)19(11)20/h4,6,10-11,15-20H,3,5,7-9H2,1-2H3. The summed E-state index contributed by atoms with van der Waals surface area (Å²) >= 11 is 0. The van der Waals surface area contributed by atoms with Crippen LogP contribution in [0.25, 0.3) is 0 Å². The monoisotopic (exact) mass is 286 g/mol. The molecule has 1 N–H and O–H groups in total. The van der Waals surface area contributed by atoms with Crippen molar-refractivity contribution in [2.24, 2.45) is 23.7 Å². The van der Waals surface area contributed by atoms with Gasteiger partial charge in [-0.05, 0) is 85.0 Å². The van der Waals surface area contributed by atoms with E-state index in [0.717, 1.165) is 23.5 Å². The van der Waals surface area contributed by atoms with Crippen molar-refractivity contribution in [1.82, 2.24) is 0 Å². The number of methoxy groups -OCH3 is 1. The van der Waals surface area contributed by atoms with Crippen molar-refractivity contribution in [2.75, 3.05) is 7.11 Å². The van der Waals surface area contributed by atoms with Crippen LogP contribution >= 0.6 is 0 Å². The minimum Gasteiger partial charge on any atom is -0.497 e. The summed E-state index contributed by atoms with van der Waals surface area (Å²) in [5.41, 5.74) is 3.07. The van der Waals surface area contributed by atoms with Gasteiger partial charge >= 0.3 is 0 Å². The van der Waals surface area contributed by atoms with E-state index >= 15 is 0 Å². The summed E-state index contributed by atoms with van der Waals surface area (Å²) in [6, 6.07) is 6.67. The molecule has 6 atom stereocenters. The molecule has 2 heteroatoms. The molecule has 1 aromatic carbocycles. The molecule has 0 spiro atoms. The highest BCUT2D eigenvalue weighted by Crippen LogP contribution is 2.56. The molecule has 114 valence electrons. The highest BCUT2D eigenvalue weighted by atomic mass is 16.5. The number of hydrogen-bond donors (Lipinski definition) is 1. The maximum Gasteiger partial charge on any atom is 0.119 e. The third-order valence-electron chi connectivity index (χ3n) is 6.59. The molecule has 0 bridgehead atoms. The van der Waals surface area contributed by atoms with Crippen molar-refractivity contribution in [3.63, 3.8) is 0 Å². The van der Waals surface area contributed by atoms with Gasteiger partial charge < -0.3 is 9.84 Å². The lowest BCUT2D eigenvalue weighted by Crippen LogP contribution is -2.36. The Morgan fingerprint density at radius 2 is 1.95 bits per heavy atom. The second-order valence-corrected chi connectivity index (χ2v) is 7.48. The molecule has 3 aliphatic carbocycles. The van der Waals surface area contributed by atoms with Gasteiger partial charge in [0.05, 0.1) is 13.2 Å². The molecule has 0 saturated heterocycles. The van der Waals surface area contributed by atoms with Crippen LogP contribution in [0.2, 0.25) is 0 Å². The first kappa shape index (κ1) is 13.6. The average molecular weight is 286 g/mol. The van der Waals surface area contributed by atoms with E-state index in [2.05, 4.69) is 25.1 Å². The van der Waals surface area contributed by atoms with Crippen molar-refractivity contribution in [3.8, 4) is 5.75 Å². The molecular formula is C19H26O2. The van der Waals surface area contributed by atoms with Crippen molar-refractivity contribution < 1.29 is 9.84 Å². The van der Waals surface area contributed by atoms with E-state index in [1.807, 2.05) is 0 Å². The van der Waals surface area contributed by atoms with Crippen LogP contribution in [0.1, 0.15) is 49.7 Å². The van der Waals surface area contributed by atoms with E-state index in [4.69, 9.17) is 4.74 Å². The van der Waals surface area contributed by atoms with E-state index in [1.54, 1.807) is 12.7 Å². The van der Waals surface area contributed by atoms with Crippen molar-refractivity contribution >= 4 is 0 Å². The quantitative estimate of drug-likeness (QED) is 0.851. The van der Waals surface area contributed by atoms with Crippen LogP contribution in [0, 0.1) is 23.7 Å². The van der Waals surface area contributed by atoms with Gasteiger partial charge in [0.1, 0.15) is 5.75 Å². The number of fused-ring (bicyclic) bond motifs is 5. The van der Waals surface area contributed by atoms with E-state index in [-0.39, 0.29) is 6.10 Å². The summed E-state index contributed by atoms with van der Waals surface area (Å²) in [6.45, 7) is 2.24. The molecule has 3 aliphatic rings. The predicted molar refractivity (Wildman–Crippen MR) is 83.5 cm³/mol. The molecule has 2 fully saturated rings. The number of hydrogen-bond acceptors (Lipinski definition) is 2. The van der Waals surface area contributed by atoms with Crippen molar-refractivity contribution in [2.45, 2.75) is 51.0 Å². The maximum atomic E-state index is 10.4. The lowest BCUT2D eigenvalue weighted by molar-refractivity contribution is 0.0455. The molecule has 2 saturated carbocycles. The Morgan fingerprint density at radius 1 is 1.10 bits per heavy atom. The number of aliphatic hydroxyl groups is 1. The fourth-order valence-electron chi connectivity index (χ4n) is 5.59. The fourth-order valence-corrected chi connectivity index (χ4v) is 5.59. The first-order valence-electron chi connectivity index (χ1n) is 8.54. The van der Waals surface area contributed by atoms with Gasteiger partial charge in [-0.1, -0.05) is 13.0 Å². The number of rotatable bonds is 1. The molecule has 0 heterocycles. The zero-order valence-corrected chi connectivity index (χ0v) is 13.1. The Labute approximate surface area is 127 Å². The van der Waals surface area contributed by atoms with Crippen LogP contribution in [0.5, 0.6) is 5.75 Å². The molecule has 4 rings (SSSR count). The third-order valence-corrected chi connectivity index (χ3v) is 6.59. The maximum absolute atomic E-state index is 10.4. The Morgan fingerprint density at radius 3 is 2.76 bits per heavy atom. The van der Waals surface area contributed by atoms with E-state index in [9.17, 15) is 5.11 Å². The SMILES string of the molecule is COc1ccc2c(c1)CCC1C2CCC2C(O)C(C)CC12. The van der Waals surface area contributed by atoms with Crippen LogP contribution < -0.4 is 4.74 Å². The van der Waals surface area contributed by atoms with Crippen LogP contribution in [0.3, 0.4) is 0 Å². The van der Waals surface area contributed by atoms with E-state index in [0.29, 0.717) is 11.8 Å². The van der Waals surface area contributed by atoms with Gasteiger partial charge in [0, 0.05) is 0 Å².